The van der Waals surface area contributed by atoms with Gasteiger partial charge in [-0.3, -0.25) is 4.79 Å². The quantitative estimate of drug-likeness (QED) is 0.801. The van der Waals surface area contributed by atoms with Crippen LogP contribution in [0, 0.1) is 5.41 Å². The average molecular weight is 372 g/mol. The number of ketones is 1. The number of ether oxygens (including phenoxy) is 2. The first-order valence-electron chi connectivity index (χ1n) is 9.14. The van der Waals surface area contributed by atoms with Gasteiger partial charge < -0.3 is 14.4 Å². The van der Waals surface area contributed by atoms with Crippen molar-refractivity contribution in [2.45, 2.75) is 26.7 Å². The molecule has 1 aromatic carbocycles. The number of nitrogens with zero attached hydrogens (tertiary/aromatic N) is 1. The topological polar surface area (TPSA) is 38.8 Å². The van der Waals surface area contributed by atoms with Gasteiger partial charge in [-0.2, -0.15) is 0 Å². The number of thiophene rings is 1. The van der Waals surface area contributed by atoms with Crippen molar-refractivity contribution in [3.8, 4) is 16.9 Å². The molecule has 0 radical (unpaired) electrons. The number of Topliss-reactive ketones (excluding diaryl/α,β-unsaturated/α-hetero) is 1. The lowest BCUT2D eigenvalue weighted by molar-refractivity contribution is 0.0918. The fourth-order valence-electron chi connectivity index (χ4n) is 3.97. The van der Waals surface area contributed by atoms with Gasteiger partial charge in [0.2, 0.25) is 0 Å². The third-order valence-electron chi connectivity index (χ3n) is 5.19. The highest BCUT2D eigenvalue weighted by atomic mass is 32.1. The molecule has 1 aromatic heterocycles. The van der Waals surface area contributed by atoms with Crippen LogP contribution in [0.15, 0.2) is 24.3 Å². The molecule has 2 heterocycles. The van der Waals surface area contributed by atoms with Crippen molar-refractivity contribution in [1.29, 1.82) is 0 Å². The molecular formula is C21H25NO3S. The number of methoxy groups -OCH3 is 1. The van der Waals surface area contributed by atoms with Gasteiger partial charge in [0, 0.05) is 25.1 Å². The number of hydrogen-bond donors (Lipinski definition) is 0. The van der Waals surface area contributed by atoms with Crippen LogP contribution in [0.3, 0.4) is 0 Å². The van der Waals surface area contributed by atoms with E-state index in [2.05, 4.69) is 30.9 Å². The Labute approximate surface area is 158 Å². The molecule has 2 aromatic rings. The van der Waals surface area contributed by atoms with Crippen molar-refractivity contribution in [3.63, 3.8) is 0 Å². The van der Waals surface area contributed by atoms with Gasteiger partial charge in [-0.25, -0.2) is 0 Å². The lowest BCUT2D eigenvalue weighted by atomic mass is 9.75. The summed E-state index contributed by atoms with van der Waals surface area (Å²) in [5.74, 6) is 1.13. The van der Waals surface area contributed by atoms with E-state index in [4.69, 9.17) is 9.47 Å². The molecule has 2 aliphatic rings. The van der Waals surface area contributed by atoms with Gasteiger partial charge in [0.05, 0.1) is 30.2 Å². The number of rotatable bonds is 3. The van der Waals surface area contributed by atoms with E-state index in [1.807, 2.05) is 12.1 Å². The summed E-state index contributed by atoms with van der Waals surface area (Å²) in [7, 11) is 1.69. The highest BCUT2D eigenvalue weighted by molar-refractivity contribution is 7.19. The number of fused-ring (bicyclic) bond motifs is 1. The molecule has 5 heteroatoms. The molecule has 0 saturated carbocycles. The minimum atomic E-state index is 0.00104. The van der Waals surface area contributed by atoms with Gasteiger partial charge in [-0.15, -0.1) is 11.3 Å². The van der Waals surface area contributed by atoms with Gasteiger partial charge in [0.15, 0.2) is 5.78 Å². The summed E-state index contributed by atoms with van der Waals surface area (Å²) in [6, 6.07) is 8.20. The Morgan fingerprint density at radius 1 is 1.19 bits per heavy atom. The largest absolute Gasteiger partial charge is 0.497 e. The summed E-state index contributed by atoms with van der Waals surface area (Å²) < 4.78 is 11.0. The summed E-state index contributed by atoms with van der Waals surface area (Å²) in [5.41, 5.74) is 3.56. The maximum absolute atomic E-state index is 12.8. The minimum Gasteiger partial charge on any atom is -0.497 e. The van der Waals surface area contributed by atoms with Crippen LogP contribution >= 0.6 is 11.3 Å². The summed E-state index contributed by atoms with van der Waals surface area (Å²) in [6.07, 6.45) is 1.56. The van der Waals surface area contributed by atoms with E-state index >= 15 is 0 Å². The molecule has 0 N–H and O–H groups in total. The maximum Gasteiger partial charge on any atom is 0.173 e. The van der Waals surface area contributed by atoms with Crippen LogP contribution in [0.25, 0.3) is 11.1 Å². The van der Waals surface area contributed by atoms with Crippen LogP contribution in [-0.2, 0) is 11.2 Å². The molecule has 4 rings (SSSR count). The van der Waals surface area contributed by atoms with Crippen LogP contribution in [0.2, 0.25) is 0 Å². The van der Waals surface area contributed by atoms with Crippen LogP contribution in [-0.4, -0.2) is 39.2 Å². The molecule has 1 saturated heterocycles. The maximum atomic E-state index is 12.8. The number of benzene rings is 1. The van der Waals surface area contributed by atoms with E-state index in [1.165, 1.54) is 16.1 Å². The Kier molecular flexibility index (Phi) is 4.53. The fourth-order valence-corrected chi connectivity index (χ4v) is 5.30. The molecule has 0 amide bonds. The van der Waals surface area contributed by atoms with E-state index in [-0.39, 0.29) is 11.2 Å². The van der Waals surface area contributed by atoms with Gasteiger partial charge in [0.1, 0.15) is 5.75 Å². The fraction of sp³-hybridized carbons (Fsp3) is 0.476. The van der Waals surface area contributed by atoms with Gasteiger partial charge in [-0.1, -0.05) is 26.0 Å². The molecule has 1 aliphatic heterocycles. The lowest BCUT2D eigenvalue weighted by Crippen LogP contribution is -2.36. The highest BCUT2D eigenvalue weighted by Gasteiger charge is 2.37. The van der Waals surface area contributed by atoms with Crippen molar-refractivity contribution >= 4 is 22.1 Å². The minimum absolute atomic E-state index is 0.00104. The summed E-state index contributed by atoms with van der Waals surface area (Å²) in [6.45, 7) is 7.59. The van der Waals surface area contributed by atoms with Crippen LogP contribution in [0.4, 0.5) is 5.00 Å². The normalized spacial score (nSPS) is 19.3. The molecule has 0 unspecified atom stereocenters. The number of anilines is 1. The number of morpholine rings is 1. The van der Waals surface area contributed by atoms with Crippen molar-refractivity contribution < 1.29 is 14.3 Å². The van der Waals surface area contributed by atoms with Gasteiger partial charge in [0.25, 0.3) is 0 Å². The third kappa shape index (κ3) is 3.14. The summed E-state index contributed by atoms with van der Waals surface area (Å²) in [4.78, 5) is 16.2. The van der Waals surface area contributed by atoms with E-state index in [0.29, 0.717) is 6.42 Å². The standard InChI is InChI=1S/C21H25NO3S/c1-21(2)12-16-18(14-5-4-6-15(11-14)24-3)20(22-7-9-25-10-8-22)26-19(16)17(23)13-21/h4-6,11H,7-10,12-13H2,1-3H3. The molecule has 1 aliphatic carbocycles. The monoisotopic (exact) mass is 371 g/mol. The van der Waals surface area contributed by atoms with Crippen molar-refractivity contribution in [1.82, 2.24) is 0 Å². The van der Waals surface area contributed by atoms with E-state index in [9.17, 15) is 4.79 Å². The Hall–Kier alpha value is -1.85. The highest BCUT2D eigenvalue weighted by Crippen LogP contribution is 2.49. The zero-order valence-corrected chi connectivity index (χ0v) is 16.4. The molecule has 138 valence electrons. The van der Waals surface area contributed by atoms with Gasteiger partial charge in [-0.05, 0) is 35.1 Å². The van der Waals surface area contributed by atoms with Crippen LogP contribution in [0.5, 0.6) is 5.75 Å². The lowest BCUT2D eigenvalue weighted by Gasteiger charge is -2.30. The Morgan fingerprint density at radius 2 is 1.96 bits per heavy atom. The Balaban J connectivity index is 1.90. The van der Waals surface area contributed by atoms with Crippen molar-refractivity contribution in [3.05, 3.63) is 34.7 Å². The molecule has 0 bridgehead atoms. The molecule has 0 atom stereocenters. The zero-order chi connectivity index (χ0) is 18.3. The van der Waals surface area contributed by atoms with E-state index in [1.54, 1.807) is 18.4 Å². The van der Waals surface area contributed by atoms with Crippen LogP contribution in [0.1, 0.15) is 35.5 Å². The Bertz CT molecular complexity index is 834. The third-order valence-corrected chi connectivity index (χ3v) is 6.53. The predicted octanol–water partition coefficient (Wildman–Crippen LogP) is 4.42. The second-order valence-corrected chi connectivity index (χ2v) is 8.86. The summed E-state index contributed by atoms with van der Waals surface area (Å²) >= 11 is 1.67. The average Bonchev–Trinajstić information content (AvgIpc) is 3.01. The van der Waals surface area contributed by atoms with E-state index < -0.39 is 0 Å². The Morgan fingerprint density at radius 3 is 2.69 bits per heavy atom. The van der Waals surface area contributed by atoms with Crippen LogP contribution < -0.4 is 9.64 Å². The van der Waals surface area contributed by atoms with Gasteiger partial charge >= 0.3 is 0 Å². The van der Waals surface area contributed by atoms with Crippen molar-refractivity contribution in [2.75, 3.05) is 38.3 Å². The number of carbonyl (C=O) groups is 1. The molecule has 0 spiro atoms. The molecular weight excluding hydrogens is 346 g/mol. The molecule has 26 heavy (non-hydrogen) atoms. The molecule has 4 nitrogen and oxygen atoms in total. The molecule has 1 fully saturated rings. The number of carbonyl (C=O) groups excluding carboxylic acids is 1. The first-order valence-corrected chi connectivity index (χ1v) is 9.96. The SMILES string of the molecule is COc1cccc(-c2c(N3CCOCC3)sc3c2CC(C)(C)CC3=O)c1. The second kappa shape index (κ2) is 6.71. The first kappa shape index (κ1) is 17.6. The number of hydrogen-bond acceptors (Lipinski definition) is 5. The first-order chi connectivity index (χ1) is 12.5. The second-order valence-electron chi connectivity index (χ2n) is 7.86. The van der Waals surface area contributed by atoms with E-state index in [0.717, 1.165) is 48.9 Å². The van der Waals surface area contributed by atoms with Crippen molar-refractivity contribution in [2.24, 2.45) is 5.41 Å². The smallest absolute Gasteiger partial charge is 0.173 e. The zero-order valence-electron chi connectivity index (χ0n) is 15.6. The predicted molar refractivity (Wildman–Crippen MR) is 106 cm³/mol. The summed E-state index contributed by atoms with van der Waals surface area (Å²) in [5, 5.41) is 1.21.